The summed E-state index contributed by atoms with van der Waals surface area (Å²) in [6, 6.07) is 8.06. The molecule has 0 spiro atoms. The number of hydrogen-bond donors (Lipinski definition) is 1. The van der Waals surface area contributed by atoms with Gasteiger partial charge >= 0.3 is 0 Å². The topological polar surface area (TPSA) is 12.0 Å². The predicted molar refractivity (Wildman–Crippen MR) is 78.0 cm³/mol. The Hall–Kier alpha value is -1.52. The summed E-state index contributed by atoms with van der Waals surface area (Å²) in [6.07, 6.45) is 0.863. The maximum Gasteiger partial charge on any atom is 0.159 e. The highest BCUT2D eigenvalue weighted by atomic mass is 35.5. The predicted octanol–water partition coefficient (Wildman–Crippen LogP) is 4.13. The van der Waals surface area contributed by atoms with Crippen molar-refractivity contribution in [2.45, 2.75) is 18.9 Å². The van der Waals surface area contributed by atoms with Gasteiger partial charge in [0.05, 0.1) is 0 Å². The van der Waals surface area contributed by atoms with E-state index >= 15 is 0 Å². The van der Waals surface area contributed by atoms with Crippen molar-refractivity contribution in [1.29, 1.82) is 0 Å². The van der Waals surface area contributed by atoms with Crippen LogP contribution in [0.2, 0.25) is 5.02 Å². The highest BCUT2D eigenvalue weighted by Crippen LogP contribution is 2.18. The fraction of sp³-hybridized carbons (Fsp3) is 0.250. The molecule has 0 aliphatic heterocycles. The molecule has 0 saturated heterocycles. The summed E-state index contributed by atoms with van der Waals surface area (Å²) < 4.78 is 39.8. The first-order valence-electron chi connectivity index (χ1n) is 6.54. The molecule has 0 aromatic heterocycles. The molecule has 0 saturated carbocycles. The molecule has 0 aliphatic rings. The lowest BCUT2D eigenvalue weighted by Gasteiger charge is -2.17. The zero-order valence-corrected chi connectivity index (χ0v) is 12.2. The fourth-order valence-corrected chi connectivity index (χ4v) is 2.39. The standard InChI is InChI=1S/C16H15ClF3N/c1-21-13(6-10-2-4-15(19)16(20)7-10)9-11-8-12(17)3-5-14(11)18/h2-5,7-8,13,21H,6,9H2,1H3. The summed E-state index contributed by atoms with van der Waals surface area (Å²) >= 11 is 5.86. The molecule has 2 rings (SSSR count). The molecule has 1 N–H and O–H groups in total. The second-order valence-electron chi connectivity index (χ2n) is 4.88. The number of rotatable bonds is 5. The third-order valence-electron chi connectivity index (χ3n) is 3.35. The van der Waals surface area contributed by atoms with Crippen molar-refractivity contribution in [2.24, 2.45) is 0 Å². The number of benzene rings is 2. The minimum absolute atomic E-state index is 0.108. The second kappa shape index (κ2) is 6.96. The summed E-state index contributed by atoms with van der Waals surface area (Å²) in [6.45, 7) is 0. The lowest BCUT2D eigenvalue weighted by Crippen LogP contribution is -2.30. The van der Waals surface area contributed by atoms with Gasteiger partial charge in [-0.05, 0) is 61.3 Å². The molecule has 2 aromatic carbocycles. The Balaban J connectivity index is 2.12. The largest absolute Gasteiger partial charge is 0.316 e. The van der Waals surface area contributed by atoms with Gasteiger partial charge in [-0.2, -0.15) is 0 Å². The van der Waals surface area contributed by atoms with E-state index in [1.807, 2.05) is 0 Å². The minimum atomic E-state index is -0.878. The highest BCUT2D eigenvalue weighted by molar-refractivity contribution is 6.30. The van der Waals surface area contributed by atoms with Gasteiger partial charge in [0.2, 0.25) is 0 Å². The lowest BCUT2D eigenvalue weighted by atomic mass is 9.98. The van der Waals surface area contributed by atoms with Gasteiger partial charge in [0.1, 0.15) is 5.82 Å². The number of halogens is 4. The number of likely N-dealkylation sites (N-methyl/N-ethyl adjacent to an activating group) is 1. The van der Waals surface area contributed by atoms with Gasteiger partial charge < -0.3 is 5.32 Å². The van der Waals surface area contributed by atoms with Crippen LogP contribution in [0, 0.1) is 17.5 Å². The van der Waals surface area contributed by atoms with Crippen molar-refractivity contribution in [2.75, 3.05) is 7.05 Å². The monoisotopic (exact) mass is 313 g/mol. The Labute approximate surface area is 126 Å². The SMILES string of the molecule is CNC(Cc1ccc(F)c(F)c1)Cc1cc(Cl)ccc1F. The third-order valence-corrected chi connectivity index (χ3v) is 3.58. The zero-order valence-electron chi connectivity index (χ0n) is 11.5. The first kappa shape index (κ1) is 15.9. The molecule has 2 aromatic rings. The maximum absolute atomic E-state index is 13.7. The van der Waals surface area contributed by atoms with Crippen LogP contribution in [-0.4, -0.2) is 13.1 Å². The molecule has 1 atom stereocenters. The van der Waals surface area contributed by atoms with Crippen molar-refractivity contribution in [3.05, 3.63) is 70.0 Å². The Bertz CT molecular complexity index is 631. The van der Waals surface area contributed by atoms with Crippen LogP contribution in [0.25, 0.3) is 0 Å². The van der Waals surface area contributed by atoms with Crippen LogP contribution < -0.4 is 5.32 Å². The molecule has 21 heavy (non-hydrogen) atoms. The van der Waals surface area contributed by atoms with Crippen molar-refractivity contribution in [3.63, 3.8) is 0 Å². The van der Waals surface area contributed by atoms with E-state index in [2.05, 4.69) is 5.32 Å². The summed E-state index contributed by atoms with van der Waals surface area (Å²) in [5, 5.41) is 3.52. The molecule has 1 nitrogen and oxygen atoms in total. The lowest BCUT2D eigenvalue weighted by molar-refractivity contribution is 0.501. The molecule has 0 amide bonds. The normalized spacial score (nSPS) is 12.4. The van der Waals surface area contributed by atoms with E-state index in [4.69, 9.17) is 11.6 Å². The van der Waals surface area contributed by atoms with Crippen LogP contribution in [-0.2, 0) is 12.8 Å². The van der Waals surface area contributed by atoms with Crippen molar-refractivity contribution in [3.8, 4) is 0 Å². The van der Waals surface area contributed by atoms with E-state index < -0.39 is 11.6 Å². The molecule has 0 aliphatic carbocycles. The summed E-state index contributed by atoms with van der Waals surface area (Å²) in [5.41, 5.74) is 1.14. The van der Waals surface area contributed by atoms with Crippen LogP contribution in [0.1, 0.15) is 11.1 Å². The Morgan fingerprint density at radius 1 is 0.952 bits per heavy atom. The summed E-state index contributed by atoms with van der Waals surface area (Å²) in [4.78, 5) is 0. The van der Waals surface area contributed by atoms with E-state index in [9.17, 15) is 13.2 Å². The van der Waals surface area contributed by atoms with Crippen molar-refractivity contribution >= 4 is 11.6 Å². The van der Waals surface area contributed by atoms with Gasteiger partial charge in [0.25, 0.3) is 0 Å². The highest BCUT2D eigenvalue weighted by Gasteiger charge is 2.13. The Kier molecular flexibility index (Phi) is 5.26. The minimum Gasteiger partial charge on any atom is -0.316 e. The molecule has 0 fully saturated rings. The van der Waals surface area contributed by atoms with Gasteiger partial charge in [-0.25, -0.2) is 13.2 Å². The van der Waals surface area contributed by atoms with Crippen LogP contribution in [0.5, 0.6) is 0 Å². The Morgan fingerprint density at radius 2 is 1.67 bits per heavy atom. The third kappa shape index (κ3) is 4.22. The van der Waals surface area contributed by atoms with Crippen LogP contribution >= 0.6 is 11.6 Å². The molecule has 112 valence electrons. The molecule has 0 bridgehead atoms. The smallest absolute Gasteiger partial charge is 0.159 e. The summed E-state index contributed by atoms with van der Waals surface area (Å²) in [5.74, 6) is -2.08. The second-order valence-corrected chi connectivity index (χ2v) is 5.31. The van der Waals surface area contributed by atoms with Crippen molar-refractivity contribution < 1.29 is 13.2 Å². The molecule has 5 heteroatoms. The number of hydrogen-bond acceptors (Lipinski definition) is 1. The van der Waals surface area contributed by atoms with E-state index in [-0.39, 0.29) is 11.9 Å². The van der Waals surface area contributed by atoms with Crippen molar-refractivity contribution in [1.82, 2.24) is 5.32 Å². The molecular weight excluding hydrogens is 299 g/mol. The van der Waals surface area contributed by atoms with Gasteiger partial charge in [-0.15, -0.1) is 0 Å². The average molecular weight is 314 g/mol. The van der Waals surface area contributed by atoms with E-state index in [0.29, 0.717) is 29.0 Å². The van der Waals surface area contributed by atoms with Gasteiger partial charge in [-0.1, -0.05) is 17.7 Å². The maximum atomic E-state index is 13.7. The Morgan fingerprint density at radius 3 is 2.33 bits per heavy atom. The van der Waals surface area contributed by atoms with Crippen LogP contribution in [0.4, 0.5) is 13.2 Å². The quantitative estimate of drug-likeness (QED) is 0.875. The average Bonchev–Trinajstić information content (AvgIpc) is 2.46. The van der Waals surface area contributed by atoms with E-state index in [0.717, 1.165) is 12.1 Å². The summed E-state index contributed by atoms with van der Waals surface area (Å²) in [7, 11) is 1.74. The molecular formula is C16H15ClF3N. The fourth-order valence-electron chi connectivity index (χ4n) is 2.19. The van der Waals surface area contributed by atoms with Gasteiger partial charge in [0.15, 0.2) is 11.6 Å². The van der Waals surface area contributed by atoms with Crippen LogP contribution in [0.15, 0.2) is 36.4 Å². The van der Waals surface area contributed by atoms with E-state index in [1.54, 1.807) is 13.1 Å². The molecule has 0 radical (unpaired) electrons. The van der Waals surface area contributed by atoms with Gasteiger partial charge in [-0.3, -0.25) is 0 Å². The molecule has 0 heterocycles. The van der Waals surface area contributed by atoms with Gasteiger partial charge in [0, 0.05) is 11.1 Å². The molecule has 1 unspecified atom stereocenters. The van der Waals surface area contributed by atoms with Crippen LogP contribution in [0.3, 0.4) is 0 Å². The van der Waals surface area contributed by atoms with E-state index in [1.165, 1.54) is 18.2 Å². The zero-order chi connectivity index (χ0) is 15.4. The first-order chi connectivity index (χ1) is 9.99. The first-order valence-corrected chi connectivity index (χ1v) is 6.92. The number of nitrogens with one attached hydrogen (secondary N) is 1.